The van der Waals surface area contributed by atoms with Crippen molar-refractivity contribution in [2.75, 3.05) is 17.7 Å². The predicted molar refractivity (Wildman–Crippen MR) is 94.5 cm³/mol. The van der Waals surface area contributed by atoms with E-state index in [9.17, 15) is 4.79 Å². The van der Waals surface area contributed by atoms with Crippen LogP contribution < -0.4 is 15.8 Å². The van der Waals surface area contributed by atoms with Crippen molar-refractivity contribution in [2.45, 2.75) is 6.92 Å². The number of thiol groups is 2. The van der Waals surface area contributed by atoms with Crippen LogP contribution in [0, 0.1) is 0 Å². The van der Waals surface area contributed by atoms with Crippen LogP contribution in [0.4, 0.5) is 17.2 Å². The summed E-state index contributed by atoms with van der Waals surface area (Å²) in [6.07, 6.45) is 1.26. The molecule has 1 heterocycles. The average Bonchev–Trinajstić information content (AvgIpc) is 2.53. The smallest absolute Gasteiger partial charge is 0.337 e. The van der Waals surface area contributed by atoms with Gasteiger partial charge in [-0.15, -0.1) is 23.3 Å². The molecule has 0 spiro atoms. The Balaban J connectivity index is 0.00000116. The van der Waals surface area contributed by atoms with Crippen molar-refractivity contribution in [1.82, 2.24) is 4.98 Å². The Morgan fingerprint density at radius 3 is 2.50 bits per heavy atom. The first-order valence-corrected chi connectivity index (χ1v) is 7.89. The number of nitrogens with two attached hydrogens (primary N) is 1. The number of nitrogens with one attached hydrogen (secondary N) is 1. The molecule has 0 amide bonds. The minimum Gasteiger partial charge on any atom is -0.494 e. The third-order valence-corrected chi connectivity index (χ3v) is 2.59. The van der Waals surface area contributed by atoms with Gasteiger partial charge in [-0.25, -0.2) is 9.78 Å². The second-order valence-corrected chi connectivity index (χ2v) is 4.05. The average molecular weight is 339 g/mol. The first kappa shape index (κ1) is 18.0. The molecule has 4 N–H and O–H groups in total. The van der Waals surface area contributed by atoms with Gasteiger partial charge in [-0.2, -0.15) is 0 Å². The van der Waals surface area contributed by atoms with Crippen LogP contribution in [0.2, 0.25) is 0 Å². The van der Waals surface area contributed by atoms with Gasteiger partial charge in [-0.1, -0.05) is 0 Å². The second-order valence-electron chi connectivity index (χ2n) is 4.05. The molecule has 0 saturated carbocycles. The molecule has 1 aromatic carbocycles. The number of anilines is 3. The molecule has 118 valence electrons. The number of carbonyl (C=O) groups is 1. The van der Waals surface area contributed by atoms with Crippen LogP contribution in [0.25, 0.3) is 0 Å². The molecular formula is C14H17N3O3S2. The van der Waals surface area contributed by atoms with E-state index in [2.05, 4.69) is 33.6 Å². The van der Waals surface area contributed by atoms with E-state index in [4.69, 9.17) is 15.6 Å². The number of hydrogen-bond donors (Lipinski definition) is 5. The fourth-order valence-electron chi connectivity index (χ4n) is 1.64. The van der Waals surface area contributed by atoms with Gasteiger partial charge in [0.2, 0.25) is 0 Å². The molecule has 6 nitrogen and oxygen atoms in total. The molecule has 0 bridgehead atoms. The molecular weight excluding hydrogens is 322 g/mol. The maximum absolute atomic E-state index is 10.8. The molecule has 0 atom stereocenters. The number of aromatic carboxylic acids is 1. The van der Waals surface area contributed by atoms with Crippen molar-refractivity contribution < 1.29 is 14.6 Å². The Labute approximate surface area is 138 Å². The van der Waals surface area contributed by atoms with Gasteiger partial charge in [-0.3, -0.25) is 0 Å². The van der Waals surface area contributed by atoms with Crippen molar-refractivity contribution in [3.8, 4) is 5.75 Å². The summed E-state index contributed by atoms with van der Waals surface area (Å²) in [5, 5.41) is 11.9. The van der Waals surface area contributed by atoms with Gasteiger partial charge in [-0.05, 0) is 37.3 Å². The van der Waals surface area contributed by atoms with E-state index >= 15 is 0 Å². The summed E-state index contributed by atoms with van der Waals surface area (Å²) in [5.41, 5.74) is 6.89. The third-order valence-electron chi connectivity index (χ3n) is 2.59. The highest BCUT2D eigenvalue weighted by Gasteiger charge is 2.08. The monoisotopic (exact) mass is 339 g/mol. The fraction of sp³-hybridized carbons (Fsp3) is 0.143. The lowest BCUT2D eigenvalue weighted by atomic mass is 10.2. The van der Waals surface area contributed by atoms with E-state index in [0.717, 1.165) is 11.4 Å². The van der Waals surface area contributed by atoms with E-state index in [1.165, 1.54) is 12.3 Å². The van der Waals surface area contributed by atoms with Crippen molar-refractivity contribution in [3.63, 3.8) is 0 Å². The molecule has 22 heavy (non-hydrogen) atoms. The van der Waals surface area contributed by atoms with Crippen molar-refractivity contribution in [1.29, 1.82) is 0 Å². The lowest BCUT2D eigenvalue weighted by Gasteiger charge is -2.09. The number of ether oxygens (including phenoxy) is 1. The van der Waals surface area contributed by atoms with E-state index in [-0.39, 0.29) is 11.3 Å². The fourth-order valence-corrected chi connectivity index (χ4v) is 1.64. The van der Waals surface area contributed by atoms with Gasteiger partial charge in [0, 0.05) is 11.9 Å². The molecule has 0 unspecified atom stereocenters. The third kappa shape index (κ3) is 5.05. The largest absolute Gasteiger partial charge is 0.494 e. The quantitative estimate of drug-likeness (QED) is 0.424. The van der Waals surface area contributed by atoms with Gasteiger partial charge >= 0.3 is 5.97 Å². The van der Waals surface area contributed by atoms with Crippen LogP contribution in [0.1, 0.15) is 17.3 Å². The van der Waals surface area contributed by atoms with Gasteiger partial charge in [0.15, 0.2) is 5.82 Å². The Morgan fingerprint density at radius 1 is 1.36 bits per heavy atom. The molecule has 0 radical (unpaired) electrons. The minimum atomic E-state index is -1.06. The number of hydrogen-bond acceptors (Lipinski definition) is 7. The molecule has 8 heteroatoms. The molecule has 0 aliphatic rings. The highest BCUT2D eigenvalue weighted by atomic mass is 33.1. The first-order chi connectivity index (χ1) is 10.6. The van der Waals surface area contributed by atoms with Crippen LogP contribution in [0.5, 0.6) is 5.75 Å². The number of nitrogen functional groups attached to an aromatic ring is 1. The number of aromatic nitrogens is 1. The zero-order chi connectivity index (χ0) is 16.5. The molecule has 0 fully saturated rings. The van der Waals surface area contributed by atoms with E-state index < -0.39 is 5.97 Å². The Kier molecular flexibility index (Phi) is 7.41. The molecule has 2 aromatic rings. The molecule has 0 aliphatic heterocycles. The Bertz CT molecular complexity index is 621. The number of benzene rings is 1. The number of nitrogens with zero attached hydrogens (tertiary/aromatic N) is 1. The lowest BCUT2D eigenvalue weighted by Crippen LogP contribution is -2.03. The lowest BCUT2D eigenvalue weighted by molar-refractivity contribution is 0.0696. The van der Waals surface area contributed by atoms with Gasteiger partial charge < -0.3 is 20.9 Å². The normalized spacial score (nSPS) is 9.41. The van der Waals surface area contributed by atoms with E-state index in [1.54, 1.807) is 0 Å². The molecule has 0 aliphatic carbocycles. The van der Waals surface area contributed by atoms with Crippen molar-refractivity contribution >= 4 is 46.5 Å². The number of carboxylic acids is 1. The van der Waals surface area contributed by atoms with Crippen molar-refractivity contribution in [2.24, 2.45) is 0 Å². The van der Waals surface area contributed by atoms with E-state index in [1.807, 2.05) is 31.2 Å². The van der Waals surface area contributed by atoms with Crippen LogP contribution in [0.15, 0.2) is 36.5 Å². The molecule has 1 aromatic heterocycles. The summed E-state index contributed by atoms with van der Waals surface area (Å²) in [6.45, 7) is 2.53. The van der Waals surface area contributed by atoms with Gasteiger partial charge in [0.25, 0.3) is 0 Å². The van der Waals surface area contributed by atoms with Crippen LogP contribution in [-0.4, -0.2) is 22.7 Å². The standard InChI is InChI=1S/C14H15N3O3.H2S2/c1-2-20-11-5-3-10(4-6-11)17-13-12(15)7-9(8-16-13)14(18)19;1-2/h3-8H,2,15H2,1H3,(H,16,17)(H,18,19);1-2H. The minimum absolute atomic E-state index is 0.0553. The predicted octanol–water partition coefficient (Wildman–Crippen LogP) is 3.27. The Morgan fingerprint density at radius 2 is 2.00 bits per heavy atom. The van der Waals surface area contributed by atoms with Crippen LogP contribution in [0.3, 0.4) is 0 Å². The zero-order valence-corrected chi connectivity index (χ0v) is 13.6. The summed E-state index contributed by atoms with van der Waals surface area (Å²) < 4.78 is 5.34. The summed E-state index contributed by atoms with van der Waals surface area (Å²) in [7, 11) is 0. The van der Waals surface area contributed by atoms with E-state index in [0.29, 0.717) is 12.4 Å². The summed E-state index contributed by atoms with van der Waals surface area (Å²) >= 11 is 6.44. The zero-order valence-electron chi connectivity index (χ0n) is 11.9. The highest BCUT2D eigenvalue weighted by Crippen LogP contribution is 2.23. The summed E-state index contributed by atoms with van der Waals surface area (Å²) in [5.74, 6) is 0.135. The SMILES string of the molecule is CCOc1ccc(Nc2ncc(C(=O)O)cc2N)cc1.SS. The maximum atomic E-state index is 10.8. The maximum Gasteiger partial charge on any atom is 0.337 e. The number of pyridine rings is 1. The van der Waals surface area contributed by atoms with Crippen molar-refractivity contribution in [3.05, 3.63) is 42.1 Å². The highest BCUT2D eigenvalue weighted by molar-refractivity contribution is 8.59. The van der Waals surface area contributed by atoms with Crippen LogP contribution >= 0.6 is 23.3 Å². The Hall–Kier alpha value is -2.06. The summed E-state index contributed by atoms with van der Waals surface area (Å²) in [4.78, 5) is 14.8. The summed E-state index contributed by atoms with van der Waals surface area (Å²) in [6, 6.07) is 8.68. The van der Waals surface area contributed by atoms with Gasteiger partial charge in [0.1, 0.15) is 5.75 Å². The second kappa shape index (κ2) is 9.06. The first-order valence-electron chi connectivity index (χ1n) is 6.29. The molecule has 2 rings (SSSR count). The van der Waals surface area contributed by atoms with Crippen LogP contribution in [-0.2, 0) is 0 Å². The molecule has 0 saturated heterocycles. The number of rotatable bonds is 5. The topological polar surface area (TPSA) is 97.5 Å². The number of carboxylic acid groups (broad SMARTS) is 1. The van der Waals surface area contributed by atoms with Gasteiger partial charge in [0.05, 0.1) is 17.9 Å².